The molecule has 0 atom stereocenters. The van der Waals surface area contributed by atoms with Crippen LogP contribution in [-0.2, 0) is 4.79 Å². The van der Waals surface area contributed by atoms with Gasteiger partial charge in [-0.05, 0) is 6.08 Å². The van der Waals surface area contributed by atoms with Crippen LogP contribution in [0.1, 0.15) is 0 Å². The van der Waals surface area contributed by atoms with Crippen molar-refractivity contribution in [3.8, 4) is 0 Å². The van der Waals surface area contributed by atoms with Gasteiger partial charge in [-0.1, -0.05) is 18.7 Å². The molecule has 10 heavy (non-hydrogen) atoms. The zero-order valence-electron chi connectivity index (χ0n) is 5.32. The molecule has 0 aromatic heterocycles. The van der Waals surface area contributed by atoms with Gasteiger partial charge in [-0.25, -0.2) is 4.79 Å². The van der Waals surface area contributed by atoms with E-state index < -0.39 is 5.97 Å². The summed E-state index contributed by atoms with van der Waals surface area (Å²) in [7, 11) is 0. The predicted octanol–water partition coefficient (Wildman–Crippen LogP) is 1.26. The van der Waals surface area contributed by atoms with Crippen LogP contribution in [0.5, 0.6) is 0 Å². The molecule has 0 aliphatic heterocycles. The van der Waals surface area contributed by atoms with Crippen molar-refractivity contribution in [2.45, 2.75) is 0 Å². The highest BCUT2D eigenvalue weighted by atomic mass is 16.4. The summed E-state index contributed by atoms with van der Waals surface area (Å²) in [5.74, 6) is -1.12. The van der Waals surface area contributed by atoms with Gasteiger partial charge in [0, 0.05) is 6.08 Å². The first kappa shape index (κ1) is 8.49. The summed E-state index contributed by atoms with van der Waals surface area (Å²) in [4.78, 5) is 9.84. The molecule has 0 aliphatic rings. The summed E-state index contributed by atoms with van der Waals surface area (Å²) < 4.78 is 0. The van der Waals surface area contributed by atoms with E-state index in [4.69, 9.17) is 10.2 Å². The van der Waals surface area contributed by atoms with Crippen molar-refractivity contribution in [3.05, 3.63) is 36.6 Å². The maximum absolute atomic E-state index is 9.84. The lowest BCUT2D eigenvalue weighted by Gasteiger charge is -1.79. The van der Waals surface area contributed by atoms with Crippen LogP contribution in [0.15, 0.2) is 36.6 Å². The largest absolute Gasteiger partial charge is 0.509 e. The summed E-state index contributed by atoms with van der Waals surface area (Å²) in [6, 6.07) is 0. The lowest BCUT2D eigenvalue weighted by Crippen LogP contribution is -1.84. The van der Waals surface area contributed by atoms with Gasteiger partial charge in [-0.3, -0.25) is 0 Å². The molecule has 3 heteroatoms. The highest BCUT2D eigenvalue weighted by Crippen LogP contribution is 1.85. The van der Waals surface area contributed by atoms with Crippen molar-refractivity contribution >= 4 is 5.97 Å². The average Bonchev–Trinajstić information content (AvgIpc) is 1.79. The van der Waals surface area contributed by atoms with Gasteiger partial charge in [-0.2, -0.15) is 0 Å². The third-order valence-electron chi connectivity index (χ3n) is 0.639. The topological polar surface area (TPSA) is 57.5 Å². The summed E-state index contributed by atoms with van der Waals surface area (Å²) in [5, 5.41) is 16.5. The van der Waals surface area contributed by atoms with E-state index in [0.29, 0.717) is 0 Å². The molecule has 0 spiro atoms. The first-order valence-corrected chi connectivity index (χ1v) is 2.58. The number of hydrogen-bond donors (Lipinski definition) is 2. The van der Waals surface area contributed by atoms with E-state index in [1.807, 2.05) is 0 Å². The molecule has 0 saturated heterocycles. The third-order valence-corrected chi connectivity index (χ3v) is 0.639. The van der Waals surface area contributed by atoms with Gasteiger partial charge >= 0.3 is 5.97 Å². The molecule has 54 valence electrons. The van der Waals surface area contributed by atoms with Crippen molar-refractivity contribution in [1.82, 2.24) is 0 Å². The van der Waals surface area contributed by atoms with E-state index in [2.05, 4.69) is 6.58 Å². The third kappa shape index (κ3) is 6.49. The Hall–Kier alpha value is -1.51. The fourth-order valence-corrected chi connectivity index (χ4v) is 0.305. The second-order valence-corrected chi connectivity index (χ2v) is 1.55. The van der Waals surface area contributed by atoms with E-state index in [1.165, 1.54) is 18.2 Å². The smallest absolute Gasteiger partial charge is 0.328 e. The van der Waals surface area contributed by atoms with E-state index in [1.54, 1.807) is 0 Å². The monoisotopic (exact) mass is 140 g/mol. The van der Waals surface area contributed by atoms with Gasteiger partial charge in [0.1, 0.15) is 5.76 Å². The molecule has 0 fully saturated rings. The van der Waals surface area contributed by atoms with Crippen molar-refractivity contribution in [1.29, 1.82) is 0 Å². The SMILES string of the molecule is C=C(O)/C=C\C=C\C(=O)O. The van der Waals surface area contributed by atoms with E-state index >= 15 is 0 Å². The Labute approximate surface area is 58.6 Å². The maximum Gasteiger partial charge on any atom is 0.328 e. The first-order chi connectivity index (χ1) is 4.63. The van der Waals surface area contributed by atoms with Crippen molar-refractivity contribution < 1.29 is 15.0 Å². The maximum atomic E-state index is 9.84. The number of carbonyl (C=O) groups is 1. The second kappa shape index (κ2) is 4.38. The second-order valence-electron chi connectivity index (χ2n) is 1.55. The van der Waals surface area contributed by atoms with Crippen LogP contribution in [-0.4, -0.2) is 16.2 Å². The summed E-state index contributed by atoms with van der Waals surface area (Å²) in [5.41, 5.74) is 0. The molecule has 0 unspecified atom stereocenters. The summed E-state index contributed by atoms with van der Waals surface area (Å²) in [6.07, 6.45) is 4.93. The van der Waals surface area contributed by atoms with E-state index in [0.717, 1.165) is 6.08 Å². The molecule has 0 aliphatic carbocycles. The molecule has 0 rings (SSSR count). The number of allylic oxidation sites excluding steroid dienone is 3. The van der Waals surface area contributed by atoms with Gasteiger partial charge in [0.05, 0.1) is 0 Å². The Kier molecular flexibility index (Phi) is 3.72. The molecular weight excluding hydrogens is 132 g/mol. The summed E-state index contributed by atoms with van der Waals surface area (Å²) in [6.45, 7) is 3.16. The fourth-order valence-electron chi connectivity index (χ4n) is 0.305. The van der Waals surface area contributed by atoms with Gasteiger partial charge in [0.2, 0.25) is 0 Å². The number of aliphatic carboxylic acids is 1. The minimum atomic E-state index is -1.02. The van der Waals surface area contributed by atoms with E-state index in [9.17, 15) is 4.79 Å². The number of carboxylic acids is 1. The lowest BCUT2D eigenvalue weighted by atomic mass is 10.4. The zero-order valence-corrected chi connectivity index (χ0v) is 5.32. The summed E-state index contributed by atoms with van der Waals surface area (Å²) >= 11 is 0. The lowest BCUT2D eigenvalue weighted by molar-refractivity contribution is -0.131. The standard InChI is InChI=1S/C7H8O3/c1-6(8)4-2-3-5-7(9)10/h2-5,8H,1H2,(H,9,10)/b4-2-,5-3+. The molecule has 0 amide bonds. The fraction of sp³-hybridized carbons (Fsp3) is 0. The minimum Gasteiger partial charge on any atom is -0.509 e. The van der Waals surface area contributed by atoms with Gasteiger partial charge < -0.3 is 10.2 Å². The highest BCUT2D eigenvalue weighted by Gasteiger charge is 1.80. The number of carboxylic acid groups (broad SMARTS) is 1. The number of hydrogen-bond acceptors (Lipinski definition) is 2. The van der Waals surface area contributed by atoms with Crippen LogP contribution >= 0.6 is 0 Å². The minimum absolute atomic E-state index is 0.102. The van der Waals surface area contributed by atoms with Gasteiger partial charge in [0.25, 0.3) is 0 Å². The number of aliphatic hydroxyl groups is 1. The first-order valence-electron chi connectivity index (χ1n) is 2.58. The van der Waals surface area contributed by atoms with Crippen LogP contribution in [0.25, 0.3) is 0 Å². The molecular formula is C7H8O3. The molecule has 0 radical (unpaired) electrons. The van der Waals surface area contributed by atoms with Crippen molar-refractivity contribution in [2.24, 2.45) is 0 Å². The molecule has 2 N–H and O–H groups in total. The van der Waals surface area contributed by atoms with Crippen LogP contribution in [0.4, 0.5) is 0 Å². The van der Waals surface area contributed by atoms with Crippen LogP contribution in [0.2, 0.25) is 0 Å². The van der Waals surface area contributed by atoms with Crippen LogP contribution in [0.3, 0.4) is 0 Å². The van der Waals surface area contributed by atoms with Gasteiger partial charge in [0.15, 0.2) is 0 Å². The zero-order chi connectivity index (χ0) is 7.98. The van der Waals surface area contributed by atoms with Gasteiger partial charge in [-0.15, -0.1) is 0 Å². The van der Waals surface area contributed by atoms with Crippen LogP contribution < -0.4 is 0 Å². The molecule has 0 aromatic rings. The molecule has 3 nitrogen and oxygen atoms in total. The van der Waals surface area contributed by atoms with Crippen molar-refractivity contribution in [2.75, 3.05) is 0 Å². The molecule has 0 saturated carbocycles. The van der Waals surface area contributed by atoms with Crippen LogP contribution in [0, 0.1) is 0 Å². The quantitative estimate of drug-likeness (QED) is 0.352. The molecule has 0 bridgehead atoms. The Balaban J connectivity index is 3.73. The Morgan fingerprint density at radius 1 is 1.20 bits per heavy atom. The Morgan fingerprint density at radius 3 is 2.10 bits per heavy atom. The predicted molar refractivity (Wildman–Crippen MR) is 37.7 cm³/mol. The average molecular weight is 140 g/mol. The normalized spacial score (nSPS) is 10.8. The highest BCUT2D eigenvalue weighted by molar-refractivity contribution is 5.80. The molecule has 0 heterocycles. The Bertz CT molecular complexity index is 167. The number of aliphatic hydroxyl groups excluding tert-OH is 1. The Morgan fingerprint density at radius 2 is 1.70 bits per heavy atom. The number of rotatable bonds is 3. The van der Waals surface area contributed by atoms with E-state index in [-0.39, 0.29) is 5.76 Å². The van der Waals surface area contributed by atoms with Crippen molar-refractivity contribution in [3.63, 3.8) is 0 Å². The molecule has 0 aromatic carbocycles.